The highest BCUT2D eigenvalue weighted by molar-refractivity contribution is 5.78. The number of benzene rings is 1. The third-order valence-corrected chi connectivity index (χ3v) is 4.21. The van der Waals surface area contributed by atoms with Crippen LogP contribution >= 0.6 is 0 Å². The van der Waals surface area contributed by atoms with Gasteiger partial charge in [0.25, 0.3) is 0 Å². The number of aliphatic hydroxyl groups excluding tert-OH is 1. The zero-order chi connectivity index (χ0) is 15.1. The van der Waals surface area contributed by atoms with Crippen molar-refractivity contribution in [2.45, 2.75) is 32.3 Å². The Labute approximate surface area is 126 Å². The van der Waals surface area contributed by atoms with Crippen molar-refractivity contribution in [3.05, 3.63) is 35.9 Å². The molecule has 0 aromatic heterocycles. The minimum Gasteiger partial charge on any atom is -0.391 e. The average molecular weight is 291 g/mol. The normalized spacial score (nSPS) is 19.0. The molecule has 0 radical (unpaired) electrons. The first-order chi connectivity index (χ1) is 10.2. The lowest BCUT2D eigenvalue weighted by Gasteiger charge is -2.27. The van der Waals surface area contributed by atoms with E-state index < -0.39 is 6.10 Å². The molecule has 1 saturated heterocycles. The molecule has 1 aliphatic heterocycles. The Hall–Kier alpha value is -1.39. The lowest BCUT2D eigenvalue weighted by Crippen LogP contribution is -2.39. The van der Waals surface area contributed by atoms with Gasteiger partial charge in [0.2, 0.25) is 5.91 Å². The monoisotopic (exact) mass is 291 g/mol. The fourth-order valence-electron chi connectivity index (χ4n) is 2.77. The van der Waals surface area contributed by atoms with Crippen LogP contribution in [0.4, 0.5) is 0 Å². The Balaban J connectivity index is 1.72. The maximum atomic E-state index is 12.1. The van der Waals surface area contributed by atoms with Gasteiger partial charge in [0.15, 0.2) is 0 Å². The molecule has 2 rings (SSSR count). The van der Waals surface area contributed by atoms with Crippen LogP contribution in [0.25, 0.3) is 0 Å². The molecule has 0 spiro atoms. The maximum Gasteiger partial charge on any atom is 0.223 e. The van der Waals surface area contributed by atoms with Crippen LogP contribution in [-0.4, -0.2) is 36.9 Å². The first-order valence-electron chi connectivity index (χ1n) is 7.74. The van der Waals surface area contributed by atoms with E-state index >= 15 is 0 Å². The summed E-state index contributed by atoms with van der Waals surface area (Å²) in [6.07, 6.45) is 1.91. The summed E-state index contributed by atoms with van der Waals surface area (Å²) in [5, 5.41) is 12.9. The quantitative estimate of drug-likeness (QED) is 0.840. The molecule has 0 saturated carbocycles. The molecule has 4 nitrogen and oxygen atoms in total. The second-order valence-corrected chi connectivity index (χ2v) is 5.83. The SMILES string of the molecule is CC(C(=O)NCC(O)Cc1ccccc1)C1CCOCC1. The molecule has 1 aromatic carbocycles. The number of amides is 1. The highest BCUT2D eigenvalue weighted by atomic mass is 16.5. The molecule has 1 amide bonds. The van der Waals surface area contributed by atoms with Gasteiger partial charge in [-0.15, -0.1) is 0 Å². The number of carbonyl (C=O) groups excluding carboxylic acids is 1. The van der Waals surface area contributed by atoms with Gasteiger partial charge in [0.1, 0.15) is 0 Å². The Morgan fingerprint density at radius 2 is 2.00 bits per heavy atom. The van der Waals surface area contributed by atoms with E-state index in [2.05, 4.69) is 5.32 Å². The third-order valence-electron chi connectivity index (χ3n) is 4.21. The average Bonchev–Trinajstić information content (AvgIpc) is 2.53. The van der Waals surface area contributed by atoms with E-state index in [0.717, 1.165) is 31.6 Å². The molecule has 1 aliphatic rings. The first kappa shape index (κ1) is 16.0. The molecular formula is C17H25NO3. The van der Waals surface area contributed by atoms with Crippen LogP contribution in [0.15, 0.2) is 30.3 Å². The predicted octanol–water partition coefficient (Wildman–Crippen LogP) is 1.77. The second kappa shape index (κ2) is 8.15. The Morgan fingerprint density at radius 3 is 2.67 bits per heavy atom. The molecule has 0 bridgehead atoms. The number of nitrogens with one attached hydrogen (secondary N) is 1. The molecule has 21 heavy (non-hydrogen) atoms. The number of ether oxygens (including phenoxy) is 1. The van der Waals surface area contributed by atoms with E-state index in [1.54, 1.807) is 0 Å². The summed E-state index contributed by atoms with van der Waals surface area (Å²) >= 11 is 0. The second-order valence-electron chi connectivity index (χ2n) is 5.83. The van der Waals surface area contributed by atoms with Gasteiger partial charge in [0, 0.05) is 32.1 Å². The fraction of sp³-hybridized carbons (Fsp3) is 0.588. The van der Waals surface area contributed by atoms with Crippen molar-refractivity contribution in [2.24, 2.45) is 11.8 Å². The van der Waals surface area contributed by atoms with E-state index in [9.17, 15) is 9.90 Å². The topological polar surface area (TPSA) is 58.6 Å². The van der Waals surface area contributed by atoms with Crippen molar-refractivity contribution in [1.82, 2.24) is 5.32 Å². The summed E-state index contributed by atoms with van der Waals surface area (Å²) in [6, 6.07) is 9.82. The van der Waals surface area contributed by atoms with Gasteiger partial charge in [-0.1, -0.05) is 37.3 Å². The fourth-order valence-corrected chi connectivity index (χ4v) is 2.77. The zero-order valence-electron chi connectivity index (χ0n) is 12.6. The molecule has 2 N–H and O–H groups in total. The van der Waals surface area contributed by atoms with E-state index in [0.29, 0.717) is 18.9 Å². The highest BCUT2D eigenvalue weighted by Gasteiger charge is 2.26. The van der Waals surface area contributed by atoms with Crippen LogP contribution in [-0.2, 0) is 16.0 Å². The van der Waals surface area contributed by atoms with Gasteiger partial charge in [-0.25, -0.2) is 0 Å². The summed E-state index contributed by atoms with van der Waals surface area (Å²) in [4.78, 5) is 12.1. The van der Waals surface area contributed by atoms with Crippen LogP contribution in [0, 0.1) is 11.8 Å². The van der Waals surface area contributed by atoms with Crippen LogP contribution < -0.4 is 5.32 Å². The van der Waals surface area contributed by atoms with E-state index in [1.165, 1.54) is 0 Å². The zero-order valence-corrected chi connectivity index (χ0v) is 12.6. The Morgan fingerprint density at radius 1 is 1.33 bits per heavy atom. The van der Waals surface area contributed by atoms with Gasteiger partial charge < -0.3 is 15.2 Å². The molecule has 116 valence electrons. The van der Waals surface area contributed by atoms with Crippen molar-refractivity contribution in [1.29, 1.82) is 0 Å². The van der Waals surface area contributed by atoms with Gasteiger partial charge in [-0.2, -0.15) is 0 Å². The van der Waals surface area contributed by atoms with Crippen molar-refractivity contribution < 1.29 is 14.6 Å². The largest absolute Gasteiger partial charge is 0.391 e. The number of rotatable bonds is 6. The number of aliphatic hydroxyl groups is 1. The minimum atomic E-state index is -0.543. The summed E-state index contributed by atoms with van der Waals surface area (Å²) in [6.45, 7) is 3.77. The van der Waals surface area contributed by atoms with Gasteiger partial charge in [-0.3, -0.25) is 4.79 Å². The molecule has 1 aromatic rings. The molecule has 2 unspecified atom stereocenters. The molecule has 0 aliphatic carbocycles. The smallest absolute Gasteiger partial charge is 0.223 e. The molecule has 1 fully saturated rings. The summed E-state index contributed by atoms with van der Waals surface area (Å²) in [5.41, 5.74) is 1.08. The predicted molar refractivity (Wildman–Crippen MR) is 81.9 cm³/mol. The third kappa shape index (κ3) is 5.14. The lowest BCUT2D eigenvalue weighted by atomic mass is 9.87. The van der Waals surface area contributed by atoms with Crippen LogP contribution in [0.3, 0.4) is 0 Å². The van der Waals surface area contributed by atoms with Crippen molar-refractivity contribution in [3.63, 3.8) is 0 Å². The van der Waals surface area contributed by atoms with Gasteiger partial charge in [-0.05, 0) is 24.3 Å². The number of hydrogen-bond donors (Lipinski definition) is 2. The lowest BCUT2D eigenvalue weighted by molar-refractivity contribution is -0.127. The van der Waals surface area contributed by atoms with Crippen molar-refractivity contribution >= 4 is 5.91 Å². The van der Waals surface area contributed by atoms with Crippen molar-refractivity contribution in [2.75, 3.05) is 19.8 Å². The highest BCUT2D eigenvalue weighted by Crippen LogP contribution is 2.23. The van der Waals surface area contributed by atoms with E-state index in [4.69, 9.17) is 4.74 Å². The van der Waals surface area contributed by atoms with E-state index in [-0.39, 0.29) is 11.8 Å². The maximum absolute atomic E-state index is 12.1. The van der Waals surface area contributed by atoms with Gasteiger partial charge >= 0.3 is 0 Å². The summed E-state index contributed by atoms with van der Waals surface area (Å²) in [5.74, 6) is 0.414. The first-order valence-corrected chi connectivity index (χ1v) is 7.74. The summed E-state index contributed by atoms with van der Waals surface area (Å²) < 4.78 is 5.32. The molecular weight excluding hydrogens is 266 g/mol. The van der Waals surface area contributed by atoms with Crippen LogP contribution in [0.5, 0.6) is 0 Å². The molecule has 4 heteroatoms. The van der Waals surface area contributed by atoms with E-state index in [1.807, 2.05) is 37.3 Å². The molecule has 2 atom stereocenters. The molecule has 1 heterocycles. The number of hydrogen-bond acceptors (Lipinski definition) is 3. The minimum absolute atomic E-state index is 0.0159. The van der Waals surface area contributed by atoms with Crippen LogP contribution in [0.1, 0.15) is 25.3 Å². The summed E-state index contributed by atoms with van der Waals surface area (Å²) in [7, 11) is 0. The Bertz CT molecular complexity index is 429. The standard InChI is InChI=1S/C17H25NO3/c1-13(15-7-9-21-10-8-15)17(20)18-12-16(19)11-14-5-3-2-4-6-14/h2-6,13,15-16,19H,7-12H2,1H3,(H,18,20). The Kier molecular flexibility index (Phi) is 6.21. The van der Waals surface area contributed by atoms with Crippen LogP contribution in [0.2, 0.25) is 0 Å². The van der Waals surface area contributed by atoms with Gasteiger partial charge in [0.05, 0.1) is 6.10 Å². The van der Waals surface area contributed by atoms with Crippen molar-refractivity contribution in [3.8, 4) is 0 Å². The number of carbonyl (C=O) groups is 1.